The molecule has 68 valence electrons. The second-order valence-electron chi connectivity index (χ2n) is 3.80. The molecule has 1 aromatic carbocycles. The molecule has 0 spiro atoms. The fourth-order valence-corrected chi connectivity index (χ4v) is 1.76. The summed E-state index contributed by atoms with van der Waals surface area (Å²) in [5.74, 6) is 0.812. The van der Waals surface area contributed by atoms with Crippen LogP contribution in [0.1, 0.15) is 24.5 Å². The fraction of sp³-hybridized carbons (Fsp3) is 0.385. The molecule has 0 saturated carbocycles. The number of hydrogen-bond acceptors (Lipinski definition) is 0. The van der Waals surface area contributed by atoms with Gasteiger partial charge in [-0.1, -0.05) is 43.3 Å². The molecule has 0 radical (unpaired) electrons. The molecule has 0 bridgehead atoms. The van der Waals surface area contributed by atoms with Crippen LogP contribution in [-0.2, 0) is 12.8 Å². The first kappa shape index (κ1) is 8.55. The minimum absolute atomic E-state index is 0.812. The molecule has 1 atom stereocenters. The van der Waals surface area contributed by atoms with Crippen molar-refractivity contribution in [1.29, 1.82) is 0 Å². The van der Waals surface area contributed by atoms with Gasteiger partial charge < -0.3 is 0 Å². The molecule has 0 saturated heterocycles. The number of hydrogen-bond donors (Lipinski definition) is 0. The Morgan fingerprint density at radius 2 is 2.08 bits per heavy atom. The van der Waals surface area contributed by atoms with Gasteiger partial charge in [-0.15, -0.1) is 0 Å². The van der Waals surface area contributed by atoms with Gasteiger partial charge in [0.1, 0.15) is 0 Å². The van der Waals surface area contributed by atoms with Gasteiger partial charge in [0, 0.05) is 0 Å². The van der Waals surface area contributed by atoms with Gasteiger partial charge in [0.2, 0.25) is 0 Å². The van der Waals surface area contributed by atoms with Crippen molar-refractivity contribution in [2.24, 2.45) is 5.92 Å². The molecule has 1 aliphatic rings. The zero-order valence-electron chi connectivity index (χ0n) is 8.16. The minimum Gasteiger partial charge on any atom is -0.0876 e. The molecule has 13 heavy (non-hydrogen) atoms. The standard InChI is InChI=1S/C13H16/c1-2-11-5-3-8-13(9-11)10-12-6-4-7-12/h3-6,8-9,12H,2,7,10H2,1H3. The van der Waals surface area contributed by atoms with Gasteiger partial charge in [0.05, 0.1) is 0 Å². The van der Waals surface area contributed by atoms with Crippen molar-refractivity contribution in [3.05, 3.63) is 47.5 Å². The molecular formula is C13H16. The van der Waals surface area contributed by atoms with Crippen LogP contribution in [0.3, 0.4) is 0 Å². The summed E-state index contributed by atoms with van der Waals surface area (Å²) >= 11 is 0. The van der Waals surface area contributed by atoms with Crippen LogP contribution in [0.4, 0.5) is 0 Å². The van der Waals surface area contributed by atoms with E-state index < -0.39 is 0 Å². The van der Waals surface area contributed by atoms with Gasteiger partial charge >= 0.3 is 0 Å². The topological polar surface area (TPSA) is 0 Å². The second-order valence-corrected chi connectivity index (χ2v) is 3.80. The van der Waals surface area contributed by atoms with Crippen molar-refractivity contribution in [2.75, 3.05) is 0 Å². The number of aryl methyl sites for hydroxylation is 1. The first-order valence-corrected chi connectivity index (χ1v) is 5.13. The lowest BCUT2D eigenvalue weighted by Gasteiger charge is -2.17. The van der Waals surface area contributed by atoms with Gasteiger partial charge in [0.25, 0.3) is 0 Å². The predicted molar refractivity (Wildman–Crippen MR) is 56.8 cm³/mol. The number of benzene rings is 1. The molecule has 0 fully saturated rings. The molecule has 1 aliphatic carbocycles. The molecule has 2 rings (SSSR count). The predicted octanol–water partition coefficient (Wildman–Crippen LogP) is 3.37. The fourth-order valence-electron chi connectivity index (χ4n) is 1.76. The zero-order valence-corrected chi connectivity index (χ0v) is 8.16. The first-order valence-electron chi connectivity index (χ1n) is 5.13. The Labute approximate surface area is 80.3 Å². The molecule has 0 heteroatoms. The van der Waals surface area contributed by atoms with E-state index in [1.165, 1.54) is 24.0 Å². The largest absolute Gasteiger partial charge is 0.0876 e. The van der Waals surface area contributed by atoms with Crippen molar-refractivity contribution in [3.63, 3.8) is 0 Å². The van der Waals surface area contributed by atoms with Crippen LogP contribution < -0.4 is 0 Å². The highest BCUT2D eigenvalue weighted by atomic mass is 14.1. The van der Waals surface area contributed by atoms with Gasteiger partial charge in [-0.2, -0.15) is 0 Å². The van der Waals surface area contributed by atoms with Gasteiger partial charge in [-0.25, -0.2) is 0 Å². The van der Waals surface area contributed by atoms with E-state index >= 15 is 0 Å². The van der Waals surface area contributed by atoms with E-state index in [2.05, 4.69) is 43.3 Å². The van der Waals surface area contributed by atoms with Crippen LogP contribution in [0.15, 0.2) is 36.4 Å². The Balaban J connectivity index is 2.06. The summed E-state index contributed by atoms with van der Waals surface area (Å²) in [6.07, 6.45) is 8.22. The third-order valence-corrected chi connectivity index (χ3v) is 2.74. The lowest BCUT2D eigenvalue weighted by molar-refractivity contribution is 0.607. The molecule has 0 nitrogen and oxygen atoms in total. The third-order valence-electron chi connectivity index (χ3n) is 2.74. The average Bonchev–Trinajstić information content (AvgIpc) is 2.12. The zero-order chi connectivity index (χ0) is 9.10. The second kappa shape index (κ2) is 3.78. The maximum Gasteiger partial charge on any atom is -0.0158 e. The molecule has 0 aromatic heterocycles. The van der Waals surface area contributed by atoms with E-state index in [4.69, 9.17) is 0 Å². The van der Waals surface area contributed by atoms with E-state index in [1.54, 1.807) is 0 Å². The molecule has 1 unspecified atom stereocenters. The lowest BCUT2D eigenvalue weighted by Crippen LogP contribution is -2.06. The normalized spacial score (nSPS) is 19.9. The highest BCUT2D eigenvalue weighted by molar-refractivity contribution is 5.25. The van der Waals surface area contributed by atoms with E-state index in [1.807, 2.05) is 0 Å². The summed E-state index contributed by atoms with van der Waals surface area (Å²) in [6.45, 7) is 2.21. The van der Waals surface area contributed by atoms with E-state index in [-0.39, 0.29) is 0 Å². The minimum atomic E-state index is 0.812. The third kappa shape index (κ3) is 2.00. The van der Waals surface area contributed by atoms with Crippen molar-refractivity contribution < 1.29 is 0 Å². The summed E-state index contributed by atoms with van der Waals surface area (Å²) in [6, 6.07) is 8.97. The SMILES string of the molecule is CCc1cccc(CC2C=CC2)c1. The monoisotopic (exact) mass is 172 g/mol. The quantitative estimate of drug-likeness (QED) is 0.613. The molecule has 0 N–H and O–H groups in total. The molecular weight excluding hydrogens is 156 g/mol. The van der Waals surface area contributed by atoms with Crippen LogP contribution in [-0.4, -0.2) is 0 Å². The maximum atomic E-state index is 2.34. The highest BCUT2D eigenvalue weighted by Crippen LogP contribution is 2.22. The van der Waals surface area contributed by atoms with E-state index in [9.17, 15) is 0 Å². The van der Waals surface area contributed by atoms with Crippen LogP contribution in [0.5, 0.6) is 0 Å². The maximum absolute atomic E-state index is 2.34. The van der Waals surface area contributed by atoms with Gasteiger partial charge in [0.15, 0.2) is 0 Å². The highest BCUT2D eigenvalue weighted by Gasteiger charge is 2.10. The van der Waals surface area contributed by atoms with E-state index in [0.717, 1.165) is 12.3 Å². The van der Waals surface area contributed by atoms with Gasteiger partial charge in [-0.3, -0.25) is 0 Å². The Hall–Kier alpha value is -1.04. The number of rotatable bonds is 3. The van der Waals surface area contributed by atoms with Crippen LogP contribution in [0.25, 0.3) is 0 Å². The molecule has 0 aliphatic heterocycles. The average molecular weight is 172 g/mol. The van der Waals surface area contributed by atoms with Crippen LogP contribution in [0.2, 0.25) is 0 Å². The summed E-state index contributed by atoms with van der Waals surface area (Å²) in [5, 5.41) is 0. The summed E-state index contributed by atoms with van der Waals surface area (Å²) in [4.78, 5) is 0. The molecule has 1 aromatic rings. The van der Waals surface area contributed by atoms with Crippen LogP contribution in [0, 0.1) is 5.92 Å². The Bertz CT molecular complexity index is 310. The number of allylic oxidation sites excluding steroid dienone is 2. The Kier molecular flexibility index (Phi) is 2.49. The smallest absolute Gasteiger partial charge is 0.0158 e. The summed E-state index contributed by atoms with van der Waals surface area (Å²) in [7, 11) is 0. The molecule has 0 heterocycles. The van der Waals surface area contributed by atoms with Crippen molar-refractivity contribution >= 4 is 0 Å². The molecule has 0 amide bonds. The van der Waals surface area contributed by atoms with E-state index in [0.29, 0.717) is 0 Å². The Morgan fingerprint density at radius 1 is 1.31 bits per heavy atom. The summed E-state index contributed by atoms with van der Waals surface area (Å²) < 4.78 is 0. The van der Waals surface area contributed by atoms with Crippen LogP contribution >= 0.6 is 0 Å². The van der Waals surface area contributed by atoms with Gasteiger partial charge in [-0.05, 0) is 36.3 Å². The summed E-state index contributed by atoms with van der Waals surface area (Å²) in [5.41, 5.74) is 2.95. The first-order chi connectivity index (χ1) is 6.38. The van der Waals surface area contributed by atoms with Crippen molar-refractivity contribution in [2.45, 2.75) is 26.2 Å². The Morgan fingerprint density at radius 3 is 2.69 bits per heavy atom. The van der Waals surface area contributed by atoms with Crippen molar-refractivity contribution in [3.8, 4) is 0 Å². The van der Waals surface area contributed by atoms with Crippen molar-refractivity contribution in [1.82, 2.24) is 0 Å². The lowest BCUT2D eigenvalue weighted by atomic mass is 9.88.